The molecule has 2 aromatic heterocycles. The summed E-state index contributed by atoms with van der Waals surface area (Å²) in [5.74, 6) is 0.532. The lowest BCUT2D eigenvalue weighted by Crippen LogP contribution is -2.30. The molecule has 0 unspecified atom stereocenters. The summed E-state index contributed by atoms with van der Waals surface area (Å²) in [4.78, 5) is 0. The summed E-state index contributed by atoms with van der Waals surface area (Å²) in [7, 11) is 4.11. The van der Waals surface area contributed by atoms with Gasteiger partial charge in [-0.15, -0.1) is 0 Å². The van der Waals surface area contributed by atoms with E-state index in [1.165, 1.54) is 16.5 Å². The summed E-state index contributed by atoms with van der Waals surface area (Å²) in [5.41, 5.74) is 5.64. The second kappa shape index (κ2) is 5.73. The van der Waals surface area contributed by atoms with Crippen molar-refractivity contribution in [3.05, 3.63) is 66.4 Å². The molecule has 0 aliphatic carbocycles. The lowest BCUT2D eigenvalue weighted by atomic mass is 9.97. The molecule has 0 aliphatic rings. The number of phenols is 2. The van der Waals surface area contributed by atoms with Crippen molar-refractivity contribution >= 4 is 32.6 Å². The largest absolute Gasteiger partial charge is 0.508 e. The maximum atomic E-state index is 10.0. The number of rotatable bonds is 1. The van der Waals surface area contributed by atoms with Crippen molar-refractivity contribution in [2.75, 3.05) is 0 Å². The molecule has 2 heterocycles. The van der Waals surface area contributed by atoms with E-state index >= 15 is 0 Å². The Morgan fingerprint density at radius 3 is 2.25 bits per heavy atom. The van der Waals surface area contributed by atoms with Gasteiger partial charge in [0.05, 0.1) is 10.9 Å². The third-order valence-electron chi connectivity index (χ3n) is 5.77. The van der Waals surface area contributed by atoms with Crippen LogP contribution in [0.15, 0.2) is 60.8 Å². The fraction of sp³-hybridized carbons (Fsp3) is 0.125. The van der Waals surface area contributed by atoms with Crippen LogP contribution in [0.1, 0.15) is 5.56 Å². The highest BCUT2D eigenvalue weighted by Crippen LogP contribution is 2.38. The van der Waals surface area contributed by atoms with Crippen LogP contribution in [0.2, 0.25) is 0 Å². The second-order valence-electron chi connectivity index (χ2n) is 7.44. The monoisotopic (exact) mass is 369 g/mol. The molecule has 3 aromatic carbocycles. The first-order valence-electron chi connectivity index (χ1n) is 9.28. The van der Waals surface area contributed by atoms with Crippen molar-refractivity contribution in [1.82, 2.24) is 4.57 Å². The van der Waals surface area contributed by atoms with E-state index in [-0.39, 0.29) is 11.5 Å². The number of hydrogen-bond acceptors (Lipinski definition) is 2. The van der Waals surface area contributed by atoms with Crippen LogP contribution in [0, 0.1) is 6.92 Å². The highest BCUT2D eigenvalue weighted by Gasteiger charge is 2.20. The van der Waals surface area contributed by atoms with E-state index in [1.54, 1.807) is 18.2 Å². The van der Waals surface area contributed by atoms with E-state index in [1.807, 2.05) is 31.3 Å². The zero-order valence-corrected chi connectivity index (χ0v) is 16.1. The van der Waals surface area contributed by atoms with Gasteiger partial charge in [0.1, 0.15) is 18.5 Å². The zero-order chi connectivity index (χ0) is 19.6. The van der Waals surface area contributed by atoms with Gasteiger partial charge < -0.3 is 14.8 Å². The molecular weight excluding hydrogens is 348 g/mol. The third kappa shape index (κ3) is 2.21. The highest BCUT2D eigenvalue weighted by atomic mass is 16.3. The van der Waals surface area contributed by atoms with Gasteiger partial charge >= 0.3 is 0 Å². The number of fused-ring (bicyclic) bond motifs is 4. The van der Waals surface area contributed by atoms with E-state index in [2.05, 4.69) is 41.4 Å². The van der Waals surface area contributed by atoms with Crippen molar-refractivity contribution < 1.29 is 14.8 Å². The summed E-state index contributed by atoms with van der Waals surface area (Å²) >= 11 is 0. The van der Waals surface area contributed by atoms with Crippen molar-refractivity contribution in [2.45, 2.75) is 6.92 Å². The molecule has 2 N–H and O–H groups in total. The fourth-order valence-corrected chi connectivity index (χ4v) is 4.45. The van der Waals surface area contributed by atoms with Gasteiger partial charge in [0.15, 0.2) is 6.20 Å². The standard InChI is InChI=1S/C24H20N2O2/c1-14-18-10-11-25(2)24(15-4-6-16(27)7-5-15)20(18)13-21-19-12-17(28)8-9-22(19)26(3)23(14)21/h4-13,28H,1-3H3/p+1. The minimum Gasteiger partial charge on any atom is -0.508 e. The van der Waals surface area contributed by atoms with Gasteiger partial charge in [0.25, 0.3) is 0 Å². The molecule has 0 radical (unpaired) electrons. The molecule has 0 fully saturated rings. The summed E-state index contributed by atoms with van der Waals surface area (Å²) in [6, 6.07) is 17.2. The topological polar surface area (TPSA) is 49.3 Å². The second-order valence-corrected chi connectivity index (χ2v) is 7.44. The van der Waals surface area contributed by atoms with Crippen LogP contribution in [0.5, 0.6) is 11.5 Å². The number of phenolic OH excluding ortho intramolecular Hbond substituents is 2. The zero-order valence-electron chi connectivity index (χ0n) is 16.1. The SMILES string of the molecule is Cc1c2cc[n+](C)c(-c3ccc(O)cc3)c2cc2c3cc(O)ccc3n(C)c12. The minimum atomic E-state index is 0.259. The van der Waals surface area contributed by atoms with Gasteiger partial charge in [0.2, 0.25) is 5.69 Å². The Labute approximate surface area is 162 Å². The Hall–Kier alpha value is -3.53. The van der Waals surface area contributed by atoms with E-state index < -0.39 is 0 Å². The summed E-state index contributed by atoms with van der Waals surface area (Å²) in [6.07, 6.45) is 2.08. The third-order valence-corrected chi connectivity index (χ3v) is 5.77. The maximum absolute atomic E-state index is 10.0. The molecule has 0 bridgehead atoms. The van der Waals surface area contributed by atoms with E-state index in [9.17, 15) is 10.2 Å². The smallest absolute Gasteiger partial charge is 0.220 e. The van der Waals surface area contributed by atoms with E-state index in [4.69, 9.17) is 0 Å². The van der Waals surface area contributed by atoms with Gasteiger partial charge in [-0.25, -0.2) is 4.57 Å². The molecule has 0 amide bonds. The Kier molecular flexibility index (Phi) is 3.40. The van der Waals surface area contributed by atoms with Crippen LogP contribution in [0.25, 0.3) is 43.8 Å². The number of hydrogen-bond donors (Lipinski definition) is 2. The molecule has 0 saturated heterocycles. The quantitative estimate of drug-likeness (QED) is 0.421. The molecule has 0 atom stereocenters. The summed E-state index contributed by atoms with van der Waals surface area (Å²) < 4.78 is 4.31. The van der Waals surface area contributed by atoms with Gasteiger partial charge in [0, 0.05) is 35.0 Å². The molecule has 5 aromatic rings. The highest BCUT2D eigenvalue weighted by molar-refractivity contribution is 6.16. The summed E-state index contributed by atoms with van der Waals surface area (Å²) in [6.45, 7) is 2.16. The number of benzene rings is 3. The van der Waals surface area contributed by atoms with E-state index in [0.29, 0.717) is 0 Å². The lowest BCUT2D eigenvalue weighted by Gasteiger charge is -2.10. The molecule has 4 nitrogen and oxygen atoms in total. The number of pyridine rings is 1. The van der Waals surface area contributed by atoms with Gasteiger partial charge in [-0.1, -0.05) is 0 Å². The first-order chi connectivity index (χ1) is 13.5. The first kappa shape index (κ1) is 16.6. The molecular formula is C24H21N2O2+. The van der Waals surface area contributed by atoms with Crippen LogP contribution < -0.4 is 4.57 Å². The van der Waals surface area contributed by atoms with Crippen molar-refractivity contribution in [3.8, 4) is 22.8 Å². The van der Waals surface area contributed by atoms with E-state index in [0.717, 1.165) is 32.9 Å². The Morgan fingerprint density at radius 2 is 1.50 bits per heavy atom. The first-order valence-corrected chi connectivity index (χ1v) is 9.28. The molecule has 138 valence electrons. The van der Waals surface area contributed by atoms with Crippen molar-refractivity contribution in [2.24, 2.45) is 14.1 Å². The fourth-order valence-electron chi connectivity index (χ4n) is 4.45. The number of aromatic hydroxyl groups is 2. The number of aromatic nitrogens is 2. The maximum Gasteiger partial charge on any atom is 0.220 e. The Balaban J connectivity index is 1.99. The molecule has 0 aliphatic heterocycles. The molecule has 5 rings (SSSR count). The van der Waals surface area contributed by atoms with Crippen LogP contribution in [0.3, 0.4) is 0 Å². The Morgan fingerprint density at radius 1 is 0.786 bits per heavy atom. The average molecular weight is 369 g/mol. The molecule has 0 spiro atoms. The van der Waals surface area contributed by atoms with Crippen molar-refractivity contribution in [3.63, 3.8) is 0 Å². The predicted molar refractivity (Wildman–Crippen MR) is 113 cm³/mol. The average Bonchev–Trinajstić information content (AvgIpc) is 2.95. The molecule has 28 heavy (non-hydrogen) atoms. The lowest BCUT2D eigenvalue weighted by molar-refractivity contribution is -0.659. The Bertz CT molecular complexity index is 1400. The van der Waals surface area contributed by atoms with Gasteiger partial charge in [-0.2, -0.15) is 0 Å². The van der Waals surface area contributed by atoms with Crippen LogP contribution in [-0.4, -0.2) is 14.8 Å². The van der Waals surface area contributed by atoms with Crippen LogP contribution >= 0.6 is 0 Å². The van der Waals surface area contributed by atoms with Gasteiger partial charge in [-0.3, -0.25) is 0 Å². The number of aryl methyl sites for hydroxylation is 3. The molecule has 4 heteroatoms. The van der Waals surface area contributed by atoms with Crippen LogP contribution in [0.4, 0.5) is 0 Å². The summed E-state index contributed by atoms with van der Waals surface area (Å²) in [5, 5.41) is 24.3. The molecule has 0 saturated carbocycles. The van der Waals surface area contributed by atoms with Gasteiger partial charge in [-0.05, 0) is 66.4 Å². The van der Waals surface area contributed by atoms with Crippen LogP contribution in [-0.2, 0) is 14.1 Å². The van der Waals surface area contributed by atoms with Crippen molar-refractivity contribution in [1.29, 1.82) is 0 Å². The predicted octanol–water partition coefficient (Wildman–Crippen LogP) is 4.70. The number of nitrogens with zero attached hydrogens (tertiary/aromatic N) is 2. The minimum absolute atomic E-state index is 0.259. The normalized spacial score (nSPS) is 11.7.